The highest BCUT2D eigenvalue weighted by Gasteiger charge is 2.52. The van der Waals surface area contributed by atoms with Gasteiger partial charge in [0, 0.05) is 6.04 Å². The summed E-state index contributed by atoms with van der Waals surface area (Å²) in [7, 11) is 0. The van der Waals surface area contributed by atoms with Crippen LogP contribution in [0.1, 0.15) is 19.3 Å². The Hall–Kier alpha value is -0.790. The van der Waals surface area contributed by atoms with Crippen molar-refractivity contribution in [1.82, 2.24) is 5.32 Å². The first-order valence-electron chi connectivity index (χ1n) is 4.83. The predicted octanol–water partition coefficient (Wildman–Crippen LogP) is 1.09. The number of β-lactam (4-membered cyclic amide) rings is 1. The van der Waals surface area contributed by atoms with Crippen molar-refractivity contribution in [3.8, 4) is 0 Å². The van der Waals surface area contributed by atoms with Crippen molar-refractivity contribution in [2.75, 3.05) is 0 Å². The summed E-state index contributed by atoms with van der Waals surface area (Å²) < 4.78 is 0. The Morgan fingerprint density at radius 1 is 1.50 bits per heavy atom. The van der Waals surface area contributed by atoms with E-state index in [1.54, 1.807) is 0 Å². The second-order valence-corrected chi connectivity index (χ2v) is 4.23. The number of fused-ring (bicyclic) bond motifs is 3. The highest BCUT2D eigenvalue weighted by atomic mass is 16.2. The second kappa shape index (κ2) is 2.12. The summed E-state index contributed by atoms with van der Waals surface area (Å²) in [5, 5.41) is 3.01. The van der Waals surface area contributed by atoms with E-state index in [1.807, 2.05) is 0 Å². The van der Waals surface area contributed by atoms with Crippen LogP contribution in [-0.2, 0) is 4.79 Å². The van der Waals surface area contributed by atoms with Crippen LogP contribution in [0, 0.1) is 17.8 Å². The van der Waals surface area contributed by atoms with Crippen molar-refractivity contribution >= 4 is 5.91 Å². The van der Waals surface area contributed by atoms with Gasteiger partial charge in [-0.15, -0.1) is 0 Å². The molecule has 2 nitrogen and oxygen atoms in total. The van der Waals surface area contributed by atoms with Gasteiger partial charge in [0.05, 0.1) is 5.92 Å². The summed E-state index contributed by atoms with van der Waals surface area (Å²) in [5.74, 6) is 2.20. The molecular weight excluding hydrogens is 150 g/mol. The number of carbonyl (C=O) groups excluding carboxylic acids is 1. The number of hydrogen-bond donors (Lipinski definition) is 1. The molecule has 0 aromatic rings. The molecule has 1 N–H and O–H groups in total. The molecule has 2 heteroatoms. The van der Waals surface area contributed by atoms with Crippen LogP contribution in [0.3, 0.4) is 0 Å². The largest absolute Gasteiger partial charge is 0.351 e. The van der Waals surface area contributed by atoms with Crippen molar-refractivity contribution in [2.24, 2.45) is 17.8 Å². The lowest BCUT2D eigenvalue weighted by Gasteiger charge is -2.36. The maximum Gasteiger partial charge on any atom is 0.229 e. The first-order valence-corrected chi connectivity index (χ1v) is 4.83. The van der Waals surface area contributed by atoms with Crippen molar-refractivity contribution < 1.29 is 4.79 Å². The van der Waals surface area contributed by atoms with Crippen LogP contribution in [0.25, 0.3) is 0 Å². The minimum absolute atomic E-state index is 0.222. The van der Waals surface area contributed by atoms with Crippen LogP contribution < -0.4 is 5.32 Å². The lowest BCUT2D eigenvalue weighted by atomic mass is 9.84. The van der Waals surface area contributed by atoms with Gasteiger partial charge in [-0.25, -0.2) is 0 Å². The molecule has 64 valence electrons. The first-order chi connectivity index (χ1) is 5.86. The Balaban J connectivity index is 1.84. The van der Waals surface area contributed by atoms with Gasteiger partial charge < -0.3 is 5.32 Å². The summed E-state index contributed by atoms with van der Waals surface area (Å²) in [6.45, 7) is 0. The van der Waals surface area contributed by atoms with E-state index in [-0.39, 0.29) is 11.8 Å². The van der Waals surface area contributed by atoms with E-state index in [9.17, 15) is 4.79 Å². The van der Waals surface area contributed by atoms with Crippen LogP contribution in [0.5, 0.6) is 0 Å². The number of amides is 1. The van der Waals surface area contributed by atoms with Crippen molar-refractivity contribution in [3.63, 3.8) is 0 Å². The zero-order chi connectivity index (χ0) is 8.13. The third-order valence-electron chi connectivity index (χ3n) is 3.48. The van der Waals surface area contributed by atoms with Crippen LogP contribution in [0.15, 0.2) is 12.2 Å². The Morgan fingerprint density at radius 2 is 2.42 bits per heavy atom. The van der Waals surface area contributed by atoms with Crippen molar-refractivity contribution in [2.45, 2.75) is 25.3 Å². The highest BCUT2D eigenvalue weighted by Crippen LogP contribution is 2.49. The molecular formula is C10H13NO. The van der Waals surface area contributed by atoms with Crippen LogP contribution in [-0.4, -0.2) is 11.9 Å². The maximum absolute atomic E-state index is 11.1. The molecule has 0 radical (unpaired) electrons. The molecule has 3 rings (SSSR count). The second-order valence-electron chi connectivity index (χ2n) is 4.23. The molecule has 2 aliphatic carbocycles. The molecule has 0 unspecified atom stereocenters. The van der Waals surface area contributed by atoms with Crippen molar-refractivity contribution in [1.29, 1.82) is 0 Å². The fourth-order valence-electron chi connectivity index (χ4n) is 2.59. The lowest BCUT2D eigenvalue weighted by Crippen LogP contribution is -2.58. The van der Waals surface area contributed by atoms with Crippen LogP contribution in [0.2, 0.25) is 0 Å². The number of carbonyl (C=O) groups is 1. The van der Waals surface area contributed by atoms with E-state index in [0.29, 0.717) is 6.04 Å². The molecule has 1 heterocycles. The Labute approximate surface area is 72.0 Å². The third kappa shape index (κ3) is 0.780. The van der Waals surface area contributed by atoms with Gasteiger partial charge in [0.2, 0.25) is 5.91 Å². The van der Waals surface area contributed by atoms with Crippen LogP contribution in [0.4, 0.5) is 0 Å². The van der Waals surface area contributed by atoms with E-state index >= 15 is 0 Å². The SMILES string of the molecule is O=C1N[C@H]2[C@@H]3C[C@@H]3CCC=C[C@@H]12. The van der Waals surface area contributed by atoms with Gasteiger partial charge in [-0.3, -0.25) is 4.79 Å². The zero-order valence-corrected chi connectivity index (χ0v) is 6.99. The van der Waals surface area contributed by atoms with Gasteiger partial charge in [0.25, 0.3) is 0 Å². The molecule has 1 saturated heterocycles. The molecule has 1 amide bonds. The number of nitrogens with one attached hydrogen (secondary N) is 1. The Bertz CT molecular complexity index is 259. The average molecular weight is 163 g/mol. The van der Waals surface area contributed by atoms with Crippen molar-refractivity contribution in [3.05, 3.63) is 12.2 Å². The summed E-state index contributed by atoms with van der Waals surface area (Å²) >= 11 is 0. The standard InChI is InChI=1S/C10H13NO/c12-10-7-4-2-1-3-6-5-8(6)9(7)11-10/h2,4,6-9H,1,3,5H2,(H,11,12)/t6-,7+,8+,9+/m0/s1. The molecule has 1 aliphatic heterocycles. The smallest absolute Gasteiger partial charge is 0.229 e. The fourth-order valence-corrected chi connectivity index (χ4v) is 2.59. The molecule has 4 atom stereocenters. The molecule has 0 aromatic carbocycles. The zero-order valence-electron chi connectivity index (χ0n) is 6.99. The van der Waals surface area contributed by atoms with E-state index in [0.717, 1.165) is 11.8 Å². The van der Waals surface area contributed by atoms with Gasteiger partial charge in [0.15, 0.2) is 0 Å². The average Bonchev–Trinajstić information content (AvgIpc) is 2.75. The van der Waals surface area contributed by atoms with Crippen LogP contribution >= 0.6 is 0 Å². The van der Waals surface area contributed by atoms with Gasteiger partial charge in [-0.1, -0.05) is 12.2 Å². The van der Waals surface area contributed by atoms with E-state index < -0.39 is 0 Å². The van der Waals surface area contributed by atoms with Gasteiger partial charge in [-0.2, -0.15) is 0 Å². The third-order valence-corrected chi connectivity index (χ3v) is 3.48. The summed E-state index contributed by atoms with van der Waals surface area (Å²) in [6.07, 6.45) is 8.16. The maximum atomic E-state index is 11.1. The molecule has 0 aromatic heterocycles. The molecule has 1 saturated carbocycles. The molecule has 0 bridgehead atoms. The normalized spacial score (nSPS) is 49.2. The van der Waals surface area contributed by atoms with E-state index in [2.05, 4.69) is 17.5 Å². The molecule has 3 aliphatic rings. The number of rotatable bonds is 0. The van der Waals surface area contributed by atoms with Gasteiger partial charge >= 0.3 is 0 Å². The van der Waals surface area contributed by atoms with Gasteiger partial charge in [0.1, 0.15) is 0 Å². The molecule has 2 fully saturated rings. The molecule has 12 heavy (non-hydrogen) atoms. The summed E-state index contributed by atoms with van der Waals surface area (Å²) in [5.41, 5.74) is 0. The van der Waals surface area contributed by atoms with E-state index in [1.165, 1.54) is 19.3 Å². The first kappa shape index (κ1) is 6.70. The quantitative estimate of drug-likeness (QED) is 0.420. The lowest BCUT2D eigenvalue weighted by molar-refractivity contribution is -0.133. The number of allylic oxidation sites excluding steroid dienone is 1. The summed E-state index contributed by atoms with van der Waals surface area (Å²) in [6, 6.07) is 0.499. The summed E-state index contributed by atoms with van der Waals surface area (Å²) in [4.78, 5) is 11.1. The molecule has 0 spiro atoms. The minimum Gasteiger partial charge on any atom is -0.351 e. The van der Waals surface area contributed by atoms with E-state index in [4.69, 9.17) is 0 Å². The fraction of sp³-hybridized carbons (Fsp3) is 0.700. The highest BCUT2D eigenvalue weighted by molar-refractivity contribution is 5.87. The minimum atomic E-state index is 0.222. The monoisotopic (exact) mass is 163 g/mol. The number of hydrogen-bond acceptors (Lipinski definition) is 1. The topological polar surface area (TPSA) is 29.1 Å². The predicted molar refractivity (Wildman–Crippen MR) is 45.4 cm³/mol. The Kier molecular flexibility index (Phi) is 1.18. The Morgan fingerprint density at radius 3 is 3.25 bits per heavy atom. The van der Waals surface area contributed by atoms with Gasteiger partial charge in [-0.05, 0) is 31.1 Å².